The molecule has 7 heteroatoms. The molecular weight excluding hydrogens is 437 g/mol. The monoisotopic (exact) mass is 463 g/mol. The first-order valence-corrected chi connectivity index (χ1v) is 12.2. The van der Waals surface area contributed by atoms with Crippen LogP contribution < -0.4 is 4.90 Å². The van der Waals surface area contributed by atoms with E-state index in [-0.39, 0.29) is 23.5 Å². The predicted molar refractivity (Wildman–Crippen MR) is 129 cm³/mol. The molecule has 1 aliphatic heterocycles. The number of Topliss-reactive ketones (excluding diaryl/α,β-unsaturated/α-hetero) is 1. The molecule has 0 N–H and O–H groups in total. The van der Waals surface area contributed by atoms with E-state index in [2.05, 4.69) is 18.2 Å². The number of fused-ring (bicyclic) bond motifs is 1. The molecule has 5 nitrogen and oxygen atoms in total. The zero-order chi connectivity index (χ0) is 22.9. The van der Waals surface area contributed by atoms with Gasteiger partial charge in [-0.05, 0) is 50.1 Å². The molecule has 1 saturated heterocycles. The van der Waals surface area contributed by atoms with Crippen LogP contribution in [0.25, 0.3) is 10.2 Å². The van der Waals surface area contributed by atoms with Gasteiger partial charge in [0.05, 0.1) is 26.8 Å². The van der Waals surface area contributed by atoms with E-state index in [0.29, 0.717) is 37.4 Å². The van der Waals surface area contributed by atoms with Crippen molar-refractivity contribution in [3.63, 3.8) is 0 Å². The third kappa shape index (κ3) is 4.29. The molecule has 5 rings (SSSR count). The number of carbonyl (C=O) groups excluding carboxylic acids is 2. The number of benzene rings is 2. The number of nitrogens with zero attached hydrogens (tertiary/aromatic N) is 3. The number of allylic oxidation sites excluding steroid dienone is 2. The normalized spacial score (nSPS) is 20.9. The Bertz CT molecular complexity index is 1200. The first-order chi connectivity index (χ1) is 16.0. The lowest BCUT2D eigenvalue weighted by atomic mass is 9.82. The van der Waals surface area contributed by atoms with Crippen LogP contribution in [0, 0.1) is 11.7 Å². The standard InChI is InChI=1S/C26H26FN3O2S/c1-17(31)18-10-11-23(21(27)16-18)29-12-14-30(15-13-29)26(32)20-7-3-2-6-19(20)25-28-22-8-4-5-9-24(22)33-25/h2-5,8-11,16,19-20H,6-7,12-15H2,1H3. The molecule has 3 aromatic rings. The lowest BCUT2D eigenvalue weighted by molar-refractivity contribution is -0.136. The molecular formula is C26H26FN3O2S. The molecule has 0 radical (unpaired) electrons. The molecule has 2 unspecified atom stereocenters. The number of aromatic nitrogens is 1. The van der Waals surface area contributed by atoms with Gasteiger partial charge in [-0.25, -0.2) is 9.37 Å². The van der Waals surface area contributed by atoms with Crippen molar-refractivity contribution in [1.82, 2.24) is 9.88 Å². The number of piperazine rings is 1. The number of carbonyl (C=O) groups is 2. The number of amides is 1. The highest BCUT2D eigenvalue weighted by Gasteiger charge is 2.36. The Morgan fingerprint density at radius 1 is 1.03 bits per heavy atom. The summed E-state index contributed by atoms with van der Waals surface area (Å²) in [5.41, 5.74) is 1.85. The molecule has 1 amide bonds. The largest absolute Gasteiger partial charge is 0.366 e. The van der Waals surface area contributed by atoms with Crippen LogP contribution in [-0.2, 0) is 4.79 Å². The number of halogens is 1. The van der Waals surface area contributed by atoms with Crippen LogP contribution in [0.5, 0.6) is 0 Å². The van der Waals surface area contributed by atoms with Gasteiger partial charge in [0.25, 0.3) is 0 Å². The summed E-state index contributed by atoms with van der Waals surface area (Å²) in [5.74, 6) is -0.408. The lowest BCUT2D eigenvalue weighted by Gasteiger charge is -2.39. The Kier molecular flexibility index (Phi) is 5.98. The second kappa shape index (κ2) is 9.06. The number of anilines is 1. The van der Waals surface area contributed by atoms with Gasteiger partial charge < -0.3 is 9.80 Å². The smallest absolute Gasteiger partial charge is 0.226 e. The van der Waals surface area contributed by atoms with E-state index in [1.54, 1.807) is 23.5 Å². The molecule has 0 bridgehead atoms. The van der Waals surface area contributed by atoms with Crippen molar-refractivity contribution < 1.29 is 14.0 Å². The minimum absolute atomic E-state index is 0.0921. The Hall–Kier alpha value is -3.06. The van der Waals surface area contributed by atoms with Crippen LogP contribution in [0.4, 0.5) is 10.1 Å². The molecule has 2 heterocycles. The van der Waals surface area contributed by atoms with Crippen molar-refractivity contribution in [3.05, 3.63) is 71.0 Å². The maximum atomic E-state index is 14.6. The Morgan fingerprint density at radius 3 is 2.52 bits per heavy atom. The highest BCUT2D eigenvalue weighted by atomic mass is 32.1. The van der Waals surface area contributed by atoms with Crippen LogP contribution in [0.1, 0.15) is 41.0 Å². The van der Waals surface area contributed by atoms with E-state index in [4.69, 9.17) is 4.98 Å². The third-order valence-electron chi connectivity index (χ3n) is 6.66. The van der Waals surface area contributed by atoms with Gasteiger partial charge in [-0.15, -0.1) is 11.3 Å². The van der Waals surface area contributed by atoms with Crippen LogP contribution in [-0.4, -0.2) is 47.8 Å². The highest BCUT2D eigenvalue weighted by Crippen LogP contribution is 2.39. The second-order valence-electron chi connectivity index (χ2n) is 8.71. The van der Waals surface area contributed by atoms with Gasteiger partial charge >= 0.3 is 0 Å². The quantitative estimate of drug-likeness (QED) is 0.402. The van der Waals surface area contributed by atoms with Crippen LogP contribution in [0.2, 0.25) is 0 Å². The predicted octanol–water partition coefficient (Wildman–Crippen LogP) is 5.04. The van der Waals surface area contributed by atoms with Gasteiger partial charge in [-0.1, -0.05) is 24.3 Å². The highest BCUT2D eigenvalue weighted by molar-refractivity contribution is 7.18. The summed E-state index contributed by atoms with van der Waals surface area (Å²) in [4.78, 5) is 33.7. The molecule has 0 spiro atoms. The molecule has 0 saturated carbocycles. The topological polar surface area (TPSA) is 53.5 Å². The minimum Gasteiger partial charge on any atom is -0.366 e. The molecule has 33 heavy (non-hydrogen) atoms. The minimum atomic E-state index is -0.393. The molecule has 2 atom stereocenters. The van der Waals surface area contributed by atoms with Gasteiger partial charge in [0.15, 0.2) is 5.78 Å². The summed E-state index contributed by atoms with van der Waals surface area (Å²) in [6, 6.07) is 12.7. The maximum Gasteiger partial charge on any atom is 0.226 e. The molecule has 170 valence electrons. The Balaban J connectivity index is 1.29. The number of hydrogen-bond acceptors (Lipinski definition) is 5. The number of rotatable bonds is 4. The van der Waals surface area contributed by atoms with Crippen LogP contribution >= 0.6 is 11.3 Å². The lowest BCUT2D eigenvalue weighted by Crippen LogP contribution is -2.51. The van der Waals surface area contributed by atoms with E-state index in [1.807, 2.05) is 28.0 Å². The summed E-state index contributed by atoms with van der Waals surface area (Å²) in [5, 5.41) is 1.03. The van der Waals surface area contributed by atoms with Gasteiger partial charge in [-0.3, -0.25) is 9.59 Å². The van der Waals surface area contributed by atoms with Gasteiger partial charge in [0, 0.05) is 37.7 Å². The summed E-state index contributed by atoms with van der Waals surface area (Å²) >= 11 is 1.68. The van der Waals surface area contributed by atoms with E-state index >= 15 is 0 Å². The summed E-state index contributed by atoms with van der Waals surface area (Å²) in [6.45, 7) is 3.67. The fraction of sp³-hybridized carbons (Fsp3) is 0.346. The average molecular weight is 464 g/mol. The van der Waals surface area contributed by atoms with E-state index in [1.165, 1.54) is 13.0 Å². The molecule has 2 aliphatic rings. The van der Waals surface area contributed by atoms with E-state index in [9.17, 15) is 14.0 Å². The average Bonchev–Trinajstić information content (AvgIpc) is 3.28. The van der Waals surface area contributed by atoms with Gasteiger partial charge in [-0.2, -0.15) is 0 Å². The number of thiazole rings is 1. The van der Waals surface area contributed by atoms with Gasteiger partial charge in [0.1, 0.15) is 5.82 Å². The fourth-order valence-electron chi connectivity index (χ4n) is 4.79. The van der Waals surface area contributed by atoms with Crippen LogP contribution in [0.15, 0.2) is 54.6 Å². The zero-order valence-electron chi connectivity index (χ0n) is 18.5. The van der Waals surface area contributed by atoms with Crippen molar-refractivity contribution in [1.29, 1.82) is 0 Å². The third-order valence-corrected chi connectivity index (χ3v) is 7.83. The molecule has 2 aromatic carbocycles. The summed E-state index contributed by atoms with van der Waals surface area (Å²) in [6.07, 6.45) is 5.81. The Labute approximate surface area is 196 Å². The van der Waals surface area contributed by atoms with Crippen molar-refractivity contribution >= 4 is 38.9 Å². The van der Waals surface area contributed by atoms with Crippen molar-refractivity contribution in [2.24, 2.45) is 5.92 Å². The second-order valence-corrected chi connectivity index (χ2v) is 9.77. The van der Waals surface area contributed by atoms with Crippen molar-refractivity contribution in [3.8, 4) is 0 Å². The maximum absolute atomic E-state index is 14.6. The van der Waals surface area contributed by atoms with Gasteiger partial charge in [0.2, 0.25) is 5.91 Å². The summed E-state index contributed by atoms with van der Waals surface area (Å²) < 4.78 is 15.7. The molecule has 1 aromatic heterocycles. The SMILES string of the molecule is CC(=O)c1ccc(N2CCN(C(=O)C3CC=CCC3c3nc4ccccc4s3)CC2)c(F)c1. The molecule has 1 aliphatic carbocycles. The van der Waals surface area contributed by atoms with Crippen molar-refractivity contribution in [2.45, 2.75) is 25.7 Å². The number of hydrogen-bond donors (Lipinski definition) is 0. The van der Waals surface area contributed by atoms with E-state index < -0.39 is 5.82 Å². The Morgan fingerprint density at radius 2 is 1.79 bits per heavy atom. The van der Waals surface area contributed by atoms with Crippen LogP contribution in [0.3, 0.4) is 0 Å². The number of ketones is 1. The number of para-hydroxylation sites is 1. The first-order valence-electron chi connectivity index (χ1n) is 11.4. The molecule has 1 fully saturated rings. The summed E-state index contributed by atoms with van der Waals surface area (Å²) in [7, 11) is 0. The first kappa shape index (κ1) is 21.8. The van der Waals surface area contributed by atoms with E-state index in [0.717, 1.165) is 28.1 Å². The fourth-order valence-corrected chi connectivity index (χ4v) is 5.94. The van der Waals surface area contributed by atoms with Crippen molar-refractivity contribution in [2.75, 3.05) is 31.1 Å². The zero-order valence-corrected chi connectivity index (χ0v) is 19.4.